The Kier molecular flexibility index (Phi) is 4.35. The van der Waals surface area contributed by atoms with Gasteiger partial charge < -0.3 is 10.6 Å². The quantitative estimate of drug-likeness (QED) is 0.582. The van der Waals surface area contributed by atoms with Gasteiger partial charge in [-0.2, -0.15) is 0 Å². The third kappa shape index (κ3) is 3.82. The average molecular weight is 288 g/mol. The molecule has 0 aromatic carbocycles. The van der Waals surface area contributed by atoms with Gasteiger partial charge in [-0.1, -0.05) is 6.92 Å². The normalized spacial score (nSPS) is 24.5. The maximum Gasteiger partial charge on any atom is 0.211 e. The molecule has 0 bridgehead atoms. The molecule has 2 rings (SSSR count). The van der Waals surface area contributed by atoms with Crippen molar-refractivity contribution in [3.8, 4) is 0 Å². The van der Waals surface area contributed by atoms with E-state index >= 15 is 0 Å². The van der Waals surface area contributed by atoms with Crippen LogP contribution >= 0.6 is 0 Å². The Bertz CT molecular complexity index is 435. The number of guanidine groups is 1. The van der Waals surface area contributed by atoms with Crippen molar-refractivity contribution in [3.05, 3.63) is 0 Å². The molecule has 6 nitrogen and oxygen atoms in total. The van der Waals surface area contributed by atoms with E-state index in [-0.39, 0.29) is 0 Å². The zero-order valence-electron chi connectivity index (χ0n) is 11.7. The average Bonchev–Trinajstić information content (AvgIpc) is 2.25. The van der Waals surface area contributed by atoms with Crippen LogP contribution in [0.2, 0.25) is 0 Å². The number of piperidine rings is 1. The summed E-state index contributed by atoms with van der Waals surface area (Å²) >= 11 is 0. The summed E-state index contributed by atoms with van der Waals surface area (Å²) in [6, 6.07) is 0. The van der Waals surface area contributed by atoms with E-state index in [1.54, 1.807) is 0 Å². The topological polar surface area (TPSA) is 79.0 Å². The largest absolute Gasteiger partial charge is 0.370 e. The molecule has 2 heterocycles. The Balaban J connectivity index is 1.75. The van der Waals surface area contributed by atoms with Crippen LogP contribution in [-0.2, 0) is 10.0 Å². The number of rotatable bonds is 3. The highest BCUT2D eigenvalue weighted by Gasteiger charge is 2.32. The predicted octanol–water partition coefficient (Wildman–Crippen LogP) is -0.0756. The first-order chi connectivity index (χ1) is 8.86. The van der Waals surface area contributed by atoms with Gasteiger partial charge in [-0.25, -0.2) is 12.7 Å². The van der Waals surface area contributed by atoms with Gasteiger partial charge in [0.05, 0.1) is 6.26 Å². The predicted molar refractivity (Wildman–Crippen MR) is 76.4 cm³/mol. The van der Waals surface area contributed by atoms with E-state index < -0.39 is 10.0 Å². The molecule has 0 saturated carbocycles. The van der Waals surface area contributed by atoms with Gasteiger partial charge in [-0.3, -0.25) is 4.99 Å². The molecule has 2 fully saturated rings. The highest BCUT2D eigenvalue weighted by atomic mass is 32.2. The zero-order chi connectivity index (χ0) is 14.0. The molecular formula is C12H24N4O2S. The van der Waals surface area contributed by atoms with Crippen molar-refractivity contribution in [2.75, 3.05) is 39.0 Å². The molecule has 7 heteroatoms. The number of sulfonamides is 1. The maximum absolute atomic E-state index is 11.2. The summed E-state index contributed by atoms with van der Waals surface area (Å²) in [7, 11) is -3.02. The fourth-order valence-electron chi connectivity index (χ4n) is 2.47. The molecule has 0 aromatic heterocycles. The second-order valence-electron chi connectivity index (χ2n) is 5.81. The first-order valence-electron chi connectivity index (χ1n) is 6.86. The number of likely N-dealkylation sites (tertiary alicyclic amines) is 1. The van der Waals surface area contributed by atoms with Gasteiger partial charge in [0, 0.05) is 38.6 Å². The van der Waals surface area contributed by atoms with Crippen LogP contribution in [0.5, 0.6) is 0 Å². The standard InChI is InChI=1S/C12H24N4O2S/c1-10-3-5-15(6-4-10)12(13)14-7-11-8-16(9-11)19(2,17)18/h10-11H,3-9H2,1-2H3,(H2,13,14). The van der Waals surface area contributed by atoms with Crippen LogP contribution in [0.1, 0.15) is 19.8 Å². The van der Waals surface area contributed by atoms with Gasteiger partial charge in [-0.05, 0) is 18.8 Å². The Morgan fingerprint density at radius 3 is 2.42 bits per heavy atom. The third-order valence-corrected chi connectivity index (χ3v) is 5.25. The summed E-state index contributed by atoms with van der Waals surface area (Å²) in [4.78, 5) is 6.54. The van der Waals surface area contributed by atoms with Crippen LogP contribution in [0.15, 0.2) is 4.99 Å². The molecule has 19 heavy (non-hydrogen) atoms. The lowest BCUT2D eigenvalue weighted by Gasteiger charge is -2.36. The first kappa shape index (κ1) is 14.6. The SMILES string of the molecule is CC1CCN(C(N)=NCC2CN(S(C)(=O)=O)C2)CC1. The number of aliphatic imine (C=N–C) groups is 1. The second kappa shape index (κ2) is 5.66. The molecule has 110 valence electrons. The number of hydrogen-bond acceptors (Lipinski definition) is 3. The zero-order valence-corrected chi connectivity index (χ0v) is 12.6. The Morgan fingerprint density at radius 1 is 1.32 bits per heavy atom. The van der Waals surface area contributed by atoms with E-state index in [2.05, 4.69) is 16.8 Å². The van der Waals surface area contributed by atoms with Gasteiger partial charge in [0.1, 0.15) is 0 Å². The molecule has 0 aromatic rings. The summed E-state index contributed by atoms with van der Waals surface area (Å²) in [5, 5.41) is 0. The molecule has 2 N–H and O–H groups in total. The Hall–Kier alpha value is -0.820. The molecule has 0 radical (unpaired) electrons. The molecule has 0 atom stereocenters. The lowest BCUT2D eigenvalue weighted by Crippen LogP contribution is -2.51. The van der Waals surface area contributed by atoms with Gasteiger partial charge in [0.15, 0.2) is 5.96 Å². The van der Waals surface area contributed by atoms with Crippen LogP contribution in [0, 0.1) is 11.8 Å². The van der Waals surface area contributed by atoms with E-state index in [0.29, 0.717) is 31.5 Å². The summed E-state index contributed by atoms with van der Waals surface area (Å²) in [6.45, 7) is 6.01. The highest BCUT2D eigenvalue weighted by molar-refractivity contribution is 7.88. The van der Waals surface area contributed by atoms with Crippen molar-refractivity contribution in [1.82, 2.24) is 9.21 Å². The number of nitrogens with two attached hydrogens (primary N) is 1. The molecule has 0 amide bonds. The minimum atomic E-state index is -3.02. The summed E-state index contributed by atoms with van der Waals surface area (Å²) in [5.74, 6) is 1.71. The van der Waals surface area contributed by atoms with E-state index in [1.807, 2.05) is 0 Å². The fourth-order valence-corrected chi connectivity index (χ4v) is 3.43. The minimum Gasteiger partial charge on any atom is -0.370 e. The molecule has 2 saturated heterocycles. The third-order valence-electron chi connectivity index (χ3n) is 4.01. The van der Waals surface area contributed by atoms with E-state index in [9.17, 15) is 8.42 Å². The van der Waals surface area contributed by atoms with Gasteiger partial charge in [0.2, 0.25) is 10.0 Å². The van der Waals surface area contributed by atoms with Crippen molar-refractivity contribution >= 4 is 16.0 Å². The van der Waals surface area contributed by atoms with Gasteiger partial charge >= 0.3 is 0 Å². The van der Waals surface area contributed by atoms with Crippen molar-refractivity contribution in [1.29, 1.82) is 0 Å². The molecule has 0 spiro atoms. The van der Waals surface area contributed by atoms with Gasteiger partial charge in [0.25, 0.3) is 0 Å². The van der Waals surface area contributed by atoms with E-state index in [1.165, 1.54) is 23.4 Å². The maximum atomic E-state index is 11.2. The van der Waals surface area contributed by atoms with Crippen LogP contribution in [0.25, 0.3) is 0 Å². The lowest BCUT2D eigenvalue weighted by molar-refractivity contribution is 0.208. The second-order valence-corrected chi connectivity index (χ2v) is 7.80. The van der Waals surface area contributed by atoms with Crippen molar-refractivity contribution in [2.45, 2.75) is 19.8 Å². The van der Waals surface area contributed by atoms with Crippen LogP contribution in [-0.4, -0.2) is 62.6 Å². The molecule has 2 aliphatic heterocycles. The van der Waals surface area contributed by atoms with Crippen molar-refractivity contribution in [2.24, 2.45) is 22.6 Å². The molecule has 0 aliphatic carbocycles. The first-order valence-corrected chi connectivity index (χ1v) is 8.71. The van der Waals surface area contributed by atoms with E-state index in [4.69, 9.17) is 5.73 Å². The van der Waals surface area contributed by atoms with Crippen LogP contribution in [0.4, 0.5) is 0 Å². The van der Waals surface area contributed by atoms with Crippen LogP contribution < -0.4 is 5.73 Å². The summed E-state index contributed by atoms with van der Waals surface area (Å²) < 4.78 is 23.9. The Labute approximate surface area is 115 Å². The van der Waals surface area contributed by atoms with Gasteiger partial charge in [-0.15, -0.1) is 0 Å². The molecular weight excluding hydrogens is 264 g/mol. The summed E-state index contributed by atoms with van der Waals surface area (Å²) in [6.07, 6.45) is 3.58. The number of hydrogen-bond donors (Lipinski definition) is 1. The lowest BCUT2D eigenvalue weighted by atomic mass is 9.99. The summed E-state index contributed by atoms with van der Waals surface area (Å²) in [5.41, 5.74) is 5.99. The van der Waals surface area contributed by atoms with Crippen molar-refractivity contribution < 1.29 is 8.42 Å². The molecule has 0 unspecified atom stereocenters. The van der Waals surface area contributed by atoms with E-state index in [0.717, 1.165) is 19.0 Å². The fraction of sp³-hybridized carbons (Fsp3) is 0.917. The van der Waals surface area contributed by atoms with Crippen LogP contribution in [0.3, 0.4) is 0 Å². The monoisotopic (exact) mass is 288 g/mol. The highest BCUT2D eigenvalue weighted by Crippen LogP contribution is 2.19. The number of nitrogens with zero attached hydrogens (tertiary/aromatic N) is 3. The minimum absolute atomic E-state index is 0.317. The van der Waals surface area contributed by atoms with Crippen molar-refractivity contribution in [3.63, 3.8) is 0 Å². The molecule has 2 aliphatic rings. The smallest absolute Gasteiger partial charge is 0.211 e. The Morgan fingerprint density at radius 2 is 1.89 bits per heavy atom.